The van der Waals surface area contributed by atoms with Crippen LogP contribution in [0, 0.1) is 5.92 Å². The van der Waals surface area contributed by atoms with Crippen LogP contribution in [0.5, 0.6) is 0 Å². The van der Waals surface area contributed by atoms with Gasteiger partial charge in [0.15, 0.2) is 5.13 Å². The van der Waals surface area contributed by atoms with Crippen molar-refractivity contribution in [3.05, 3.63) is 23.8 Å². The van der Waals surface area contributed by atoms with E-state index in [-0.39, 0.29) is 17.9 Å². The van der Waals surface area contributed by atoms with Crippen molar-refractivity contribution in [2.24, 2.45) is 11.0 Å². The number of amides is 3. The molecule has 2 aliphatic heterocycles. The SMILES string of the molecule is CC1CC(=O)NN=C1c1ccc2sc(N3CCNC3=O)nc2c1. The Balaban J connectivity index is 1.71. The summed E-state index contributed by atoms with van der Waals surface area (Å²) >= 11 is 1.50. The summed E-state index contributed by atoms with van der Waals surface area (Å²) in [7, 11) is 0. The lowest BCUT2D eigenvalue weighted by atomic mass is 9.94. The van der Waals surface area contributed by atoms with Crippen LogP contribution >= 0.6 is 11.3 Å². The summed E-state index contributed by atoms with van der Waals surface area (Å²) in [5.74, 6) is 0.0157. The van der Waals surface area contributed by atoms with Gasteiger partial charge in [0.2, 0.25) is 5.91 Å². The van der Waals surface area contributed by atoms with Gasteiger partial charge in [-0.3, -0.25) is 9.69 Å². The van der Waals surface area contributed by atoms with Gasteiger partial charge in [-0.15, -0.1) is 0 Å². The van der Waals surface area contributed by atoms with Crippen molar-refractivity contribution in [1.82, 2.24) is 15.7 Å². The highest BCUT2D eigenvalue weighted by Gasteiger charge is 2.25. The first kappa shape index (κ1) is 14.1. The Kier molecular flexibility index (Phi) is 3.26. The van der Waals surface area contributed by atoms with E-state index in [1.165, 1.54) is 11.3 Å². The Morgan fingerprint density at radius 2 is 2.22 bits per heavy atom. The van der Waals surface area contributed by atoms with Gasteiger partial charge in [-0.05, 0) is 12.1 Å². The largest absolute Gasteiger partial charge is 0.336 e. The molecule has 1 unspecified atom stereocenters. The van der Waals surface area contributed by atoms with Crippen LogP contribution < -0.4 is 15.6 Å². The van der Waals surface area contributed by atoms with Crippen LogP contribution in [0.2, 0.25) is 0 Å². The molecular weight excluding hydrogens is 314 g/mol. The van der Waals surface area contributed by atoms with Crippen molar-refractivity contribution in [2.45, 2.75) is 13.3 Å². The molecule has 2 aromatic rings. The Morgan fingerprint density at radius 1 is 1.35 bits per heavy atom. The maximum Gasteiger partial charge on any atom is 0.323 e. The molecule has 3 amide bonds. The third-order valence-corrected chi connectivity index (χ3v) is 5.08. The lowest BCUT2D eigenvalue weighted by Crippen LogP contribution is -2.31. The number of carbonyl (C=O) groups excluding carboxylic acids is 2. The third-order valence-electron chi connectivity index (χ3n) is 4.02. The van der Waals surface area contributed by atoms with Crippen LogP contribution in [0.1, 0.15) is 18.9 Å². The van der Waals surface area contributed by atoms with Gasteiger partial charge in [0, 0.05) is 31.0 Å². The van der Waals surface area contributed by atoms with E-state index in [0.717, 1.165) is 21.5 Å². The van der Waals surface area contributed by atoms with Crippen molar-refractivity contribution < 1.29 is 9.59 Å². The lowest BCUT2D eigenvalue weighted by Gasteiger charge is -2.18. The summed E-state index contributed by atoms with van der Waals surface area (Å²) in [5, 5.41) is 7.67. The fraction of sp³-hybridized carbons (Fsp3) is 0.333. The Bertz CT molecular complexity index is 844. The summed E-state index contributed by atoms with van der Waals surface area (Å²) in [6.07, 6.45) is 0.438. The average Bonchev–Trinajstić information content (AvgIpc) is 3.11. The number of nitrogens with one attached hydrogen (secondary N) is 2. The number of nitrogens with zero attached hydrogens (tertiary/aromatic N) is 3. The number of thiazole rings is 1. The Morgan fingerprint density at radius 3 is 2.96 bits per heavy atom. The van der Waals surface area contributed by atoms with Crippen LogP contribution in [0.15, 0.2) is 23.3 Å². The quantitative estimate of drug-likeness (QED) is 0.879. The number of fused-ring (bicyclic) bond motifs is 1. The third kappa shape index (κ3) is 2.44. The summed E-state index contributed by atoms with van der Waals surface area (Å²) in [6, 6.07) is 5.85. The van der Waals surface area contributed by atoms with Crippen LogP contribution in [0.25, 0.3) is 10.2 Å². The standard InChI is InChI=1S/C15H15N5O2S/c1-8-6-12(21)18-19-13(8)9-2-3-11-10(7-9)17-15(23-11)20-5-4-16-14(20)22/h2-3,7-8H,4-6H2,1H3,(H,16,22)(H,18,21). The molecule has 1 atom stereocenters. The first-order chi connectivity index (χ1) is 11.1. The summed E-state index contributed by atoms with van der Waals surface area (Å²) in [5.41, 5.74) is 5.19. The molecule has 23 heavy (non-hydrogen) atoms. The lowest BCUT2D eigenvalue weighted by molar-refractivity contribution is -0.121. The summed E-state index contributed by atoms with van der Waals surface area (Å²) < 4.78 is 1.02. The zero-order valence-electron chi connectivity index (χ0n) is 12.5. The van der Waals surface area contributed by atoms with Gasteiger partial charge in [0.1, 0.15) is 0 Å². The fourth-order valence-electron chi connectivity index (χ4n) is 2.85. The molecule has 1 saturated heterocycles. The van der Waals surface area contributed by atoms with Gasteiger partial charge in [-0.1, -0.05) is 24.3 Å². The minimum Gasteiger partial charge on any atom is -0.336 e. The van der Waals surface area contributed by atoms with Crippen molar-refractivity contribution >= 4 is 44.3 Å². The number of hydrogen-bond donors (Lipinski definition) is 2. The van der Waals surface area contributed by atoms with Crippen molar-refractivity contribution in [3.8, 4) is 0 Å². The van der Waals surface area contributed by atoms with Gasteiger partial charge in [-0.2, -0.15) is 5.10 Å². The Labute approximate surface area is 136 Å². The first-order valence-corrected chi connectivity index (χ1v) is 8.26. The molecule has 2 aliphatic rings. The van der Waals surface area contributed by atoms with Gasteiger partial charge in [0.05, 0.1) is 15.9 Å². The van der Waals surface area contributed by atoms with Crippen LogP contribution in [-0.4, -0.2) is 35.7 Å². The minimum absolute atomic E-state index is 0.0571. The van der Waals surface area contributed by atoms with E-state index in [2.05, 4.69) is 20.8 Å². The number of carbonyl (C=O) groups is 2. The zero-order valence-corrected chi connectivity index (χ0v) is 13.3. The van der Waals surface area contributed by atoms with E-state index in [0.29, 0.717) is 24.6 Å². The predicted octanol–water partition coefficient (Wildman–Crippen LogP) is 1.69. The highest BCUT2D eigenvalue weighted by molar-refractivity contribution is 7.22. The normalized spacial score (nSPS) is 21.3. The number of benzene rings is 1. The second-order valence-corrected chi connectivity index (χ2v) is 6.71. The first-order valence-electron chi connectivity index (χ1n) is 7.44. The van der Waals surface area contributed by atoms with Gasteiger partial charge >= 0.3 is 6.03 Å². The van der Waals surface area contributed by atoms with E-state index < -0.39 is 0 Å². The molecule has 0 saturated carbocycles. The number of anilines is 1. The fourth-order valence-corrected chi connectivity index (χ4v) is 3.82. The monoisotopic (exact) mass is 329 g/mol. The molecule has 0 bridgehead atoms. The van der Waals surface area contributed by atoms with Crippen LogP contribution in [0.3, 0.4) is 0 Å². The molecule has 118 valence electrons. The molecule has 4 rings (SSSR count). The average molecular weight is 329 g/mol. The van der Waals surface area contributed by atoms with Crippen LogP contribution in [0.4, 0.5) is 9.93 Å². The van der Waals surface area contributed by atoms with E-state index in [9.17, 15) is 9.59 Å². The molecule has 1 aromatic carbocycles. The van der Waals surface area contributed by atoms with E-state index >= 15 is 0 Å². The van der Waals surface area contributed by atoms with Crippen molar-refractivity contribution in [3.63, 3.8) is 0 Å². The van der Waals surface area contributed by atoms with E-state index in [1.54, 1.807) is 4.90 Å². The molecular formula is C15H15N5O2S. The predicted molar refractivity (Wildman–Crippen MR) is 88.8 cm³/mol. The second kappa shape index (κ2) is 5.31. The van der Waals surface area contributed by atoms with Crippen molar-refractivity contribution in [2.75, 3.05) is 18.0 Å². The molecule has 0 radical (unpaired) electrons. The number of urea groups is 1. The van der Waals surface area contributed by atoms with Gasteiger partial charge < -0.3 is 5.32 Å². The van der Waals surface area contributed by atoms with Gasteiger partial charge in [0.25, 0.3) is 0 Å². The second-order valence-electron chi connectivity index (χ2n) is 5.70. The molecule has 0 spiro atoms. The van der Waals surface area contributed by atoms with E-state index in [4.69, 9.17) is 0 Å². The number of hydrogen-bond acceptors (Lipinski definition) is 5. The highest BCUT2D eigenvalue weighted by atomic mass is 32.1. The van der Waals surface area contributed by atoms with Crippen LogP contribution in [-0.2, 0) is 4.79 Å². The smallest absolute Gasteiger partial charge is 0.323 e. The summed E-state index contributed by atoms with van der Waals surface area (Å²) in [6.45, 7) is 3.28. The zero-order chi connectivity index (χ0) is 16.0. The molecule has 1 fully saturated rings. The topological polar surface area (TPSA) is 86.7 Å². The summed E-state index contributed by atoms with van der Waals surface area (Å²) in [4.78, 5) is 29.4. The van der Waals surface area contributed by atoms with Gasteiger partial charge in [-0.25, -0.2) is 15.2 Å². The Hall–Kier alpha value is -2.48. The number of aromatic nitrogens is 1. The van der Waals surface area contributed by atoms with Crippen molar-refractivity contribution in [1.29, 1.82) is 0 Å². The maximum absolute atomic E-state index is 11.8. The molecule has 7 nitrogen and oxygen atoms in total. The highest BCUT2D eigenvalue weighted by Crippen LogP contribution is 2.31. The number of hydrazone groups is 1. The molecule has 1 aromatic heterocycles. The van der Waals surface area contributed by atoms with E-state index in [1.807, 2.05) is 25.1 Å². The molecule has 3 heterocycles. The molecule has 8 heteroatoms. The number of rotatable bonds is 2. The molecule has 0 aliphatic carbocycles. The minimum atomic E-state index is -0.0998. The maximum atomic E-state index is 11.8. The molecule has 2 N–H and O–H groups in total.